The van der Waals surface area contributed by atoms with Crippen molar-refractivity contribution in [3.05, 3.63) is 28.8 Å². The first-order chi connectivity index (χ1) is 9.13. The number of hydrogen-bond donors (Lipinski definition) is 1. The van der Waals surface area contributed by atoms with Crippen LogP contribution in [0.1, 0.15) is 25.8 Å². The van der Waals surface area contributed by atoms with E-state index < -0.39 is 0 Å². The predicted molar refractivity (Wildman–Crippen MR) is 79.0 cm³/mol. The minimum absolute atomic E-state index is 0.534. The molecule has 0 radical (unpaired) electrons. The molecule has 0 amide bonds. The van der Waals surface area contributed by atoms with E-state index >= 15 is 0 Å². The van der Waals surface area contributed by atoms with Crippen LogP contribution < -0.4 is 10.1 Å². The van der Waals surface area contributed by atoms with Crippen molar-refractivity contribution in [2.75, 3.05) is 26.4 Å². The van der Waals surface area contributed by atoms with Crippen LogP contribution in [0.5, 0.6) is 5.75 Å². The van der Waals surface area contributed by atoms with Gasteiger partial charge in [0.15, 0.2) is 0 Å². The van der Waals surface area contributed by atoms with Crippen LogP contribution in [0.15, 0.2) is 18.2 Å². The SMILES string of the molecule is CC[C@H](C)[NH2+]CCOCCOc1cc(C)ccc1Cl. The fraction of sp³-hybridized carbons (Fsp3) is 0.600. The van der Waals surface area contributed by atoms with Gasteiger partial charge in [0.1, 0.15) is 12.4 Å². The van der Waals surface area contributed by atoms with E-state index in [4.69, 9.17) is 21.1 Å². The number of nitrogens with two attached hydrogens (primary N) is 1. The molecular formula is C15H25ClNO2+. The quantitative estimate of drug-likeness (QED) is 0.708. The molecule has 1 rings (SSSR count). The lowest BCUT2D eigenvalue weighted by atomic mass is 10.2. The molecule has 0 aromatic heterocycles. The van der Waals surface area contributed by atoms with E-state index in [1.807, 2.05) is 25.1 Å². The third-order valence-corrected chi connectivity index (χ3v) is 3.36. The molecular weight excluding hydrogens is 262 g/mol. The first-order valence-electron chi connectivity index (χ1n) is 6.93. The van der Waals surface area contributed by atoms with Crippen molar-refractivity contribution in [2.45, 2.75) is 33.2 Å². The van der Waals surface area contributed by atoms with Gasteiger partial charge in [-0.15, -0.1) is 0 Å². The van der Waals surface area contributed by atoms with E-state index in [2.05, 4.69) is 19.2 Å². The lowest BCUT2D eigenvalue weighted by Crippen LogP contribution is -2.90. The smallest absolute Gasteiger partial charge is 0.138 e. The summed E-state index contributed by atoms with van der Waals surface area (Å²) in [6.07, 6.45) is 1.19. The van der Waals surface area contributed by atoms with E-state index in [9.17, 15) is 0 Å². The molecule has 4 heteroatoms. The van der Waals surface area contributed by atoms with Gasteiger partial charge in [-0.1, -0.05) is 24.6 Å². The zero-order chi connectivity index (χ0) is 14.1. The highest BCUT2D eigenvalue weighted by Crippen LogP contribution is 2.24. The van der Waals surface area contributed by atoms with Crippen LogP contribution in [0.3, 0.4) is 0 Å². The summed E-state index contributed by atoms with van der Waals surface area (Å²) in [7, 11) is 0. The highest BCUT2D eigenvalue weighted by molar-refractivity contribution is 6.32. The highest BCUT2D eigenvalue weighted by atomic mass is 35.5. The zero-order valence-corrected chi connectivity index (χ0v) is 12.9. The summed E-state index contributed by atoms with van der Waals surface area (Å²) in [5.74, 6) is 0.733. The predicted octanol–water partition coefficient (Wildman–Crippen LogP) is 2.41. The molecule has 0 aliphatic heterocycles. The van der Waals surface area contributed by atoms with Gasteiger partial charge in [-0.3, -0.25) is 0 Å². The van der Waals surface area contributed by atoms with E-state index in [1.165, 1.54) is 6.42 Å². The molecule has 0 aliphatic carbocycles. The molecule has 0 unspecified atom stereocenters. The number of benzene rings is 1. The normalized spacial score (nSPS) is 12.4. The van der Waals surface area contributed by atoms with Crippen LogP contribution in [0.4, 0.5) is 0 Å². The molecule has 0 fully saturated rings. The molecule has 0 saturated carbocycles. The summed E-state index contributed by atoms with van der Waals surface area (Å²) in [4.78, 5) is 0. The summed E-state index contributed by atoms with van der Waals surface area (Å²) < 4.78 is 11.1. The van der Waals surface area contributed by atoms with Gasteiger partial charge in [0.2, 0.25) is 0 Å². The third-order valence-electron chi connectivity index (χ3n) is 3.05. The largest absolute Gasteiger partial charge is 0.490 e. The standard InChI is InChI=1S/C15H24ClNO2/c1-4-13(3)17-7-8-18-9-10-19-15-11-12(2)5-6-14(15)16/h5-6,11,13,17H,4,7-10H2,1-3H3/p+1/t13-/m0/s1. The molecule has 2 N–H and O–H groups in total. The van der Waals surface area contributed by atoms with E-state index in [0.717, 1.165) is 24.5 Å². The fourth-order valence-electron chi connectivity index (χ4n) is 1.64. The lowest BCUT2D eigenvalue weighted by molar-refractivity contribution is -0.687. The number of halogens is 1. The summed E-state index contributed by atoms with van der Waals surface area (Å²) in [5.41, 5.74) is 1.14. The van der Waals surface area contributed by atoms with Crippen LogP contribution in [0, 0.1) is 6.92 Å². The van der Waals surface area contributed by atoms with Gasteiger partial charge in [0.25, 0.3) is 0 Å². The molecule has 3 nitrogen and oxygen atoms in total. The molecule has 19 heavy (non-hydrogen) atoms. The highest BCUT2D eigenvalue weighted by Gasteiger charge is 2.02. The Morgan fingerprint density at radius 3 is 2.79 bits per heavy atom. The van der Waals surface area contributed by atoms with Crippen molar-refractivity contribution in [1.29, 1.82) is 0 Å². The van der Waals surface area contributed by atoms with Crippen LogP contribution in [0.2, 0.25) is 5.02 Å². The molecule has 1 atom stereocenters. The first-order valence-corrected chi connectivity index (χ1v) is 7.31. The number of ether oxygens (including phenoxy) is 2. The van der Waals surface area contributed by atoms with Crippen LogP contribution >= 0.6 is 11.6 Å². The van der Waals surface area contributed by atoms with Crippen molar-refractivity contribution < 1.29 is 14.8 Å². The maximum absolute atomic E-state index is 6.04. The van der Waals surface area contributed by atoms with Crippen molar-refractivity contribution in [1.82, 2.24) is 0 Å². The van der Waals surface area contributed by atoms with Gasteiger partial charge >= 0.3 is 0 Å². The van der Waals surface area contributed by atoms with Gasteiger partial charge < -0.3 is 14.8 Å². The number of rotatable bonds is 9. The van der Waals surface area contributed by atoms with Crippen LogP contribution in [0.25, 0.3) is 0 Å². The number of hydrogen-bond acceptors (Lipinski definition) is 2. The zero-order valence-electron chi connectivity index (χ0n) is 12.1. The van der Waals surface area contributed by atoms with Gasteiger partial charge in [-0.05, 0) is 38.0 Å². The van der Waals surface area contributed by atoms with E-state index in [-0.39, 0.29) is 0 Å². The summed E-state index contributed by atoms with van der Waals surface area (Å²) >= 11 is 6.04. The molecule has 0 bridgehead atoms. The van der Waals surface area contributed by atoms with Crippen LogP contribution in [-0.4, -0.2) is 32.4 Å². The fourth-order valence-corrected chi connectivity index (χ4v) is 1.81. The van der Waals surface area contributed by atoms with Gasteiger partial charge in [-0.2, -0.15) is 0 Å². The maximum atomic E-state index is 6.04. The molecule has 108 valence electrons. The molecule has 0 heterocycles. The van der Waals surface area contributed by atoms with E-state index in [1.54, 1.807) is 0 Å². The second kappa shape index (κ2) is 9.18. The maximum Gasteiger partial charge on any atom is 0.138 e. The van der Waals surface area contributed by atoms with Gasteiger partial charge in [0.05, 0.1) is 30.8 Å². The number of quaternary nitrogens is 1. The molecule has 0 saturated heterocycles. The Kier molecular flexibility index (Phi) is 7.87. The Bertz CT molecular complexity index is 371. The van der Waals surface area contributed by atoms with Crippen molar-refractivity contribution in [2.24, 2.45) is 0 Å². The van der Waals surface area contributed by atoms with Crippen molar-refractivity contribution in [3.8, 4) is 5.75 Å². The molecule has 0 spiro atoms. The average molecular weight is 287 g/mol. The second-order valence-electron chi connectivity index (χ2n) is 4.80. The molecule has 1 aromatic carbocycles. The third kappa shape index (κ3) is 6.81. The molecule has 0 aliphatic rings. The van der Waals surface area contributed by atoms with Crippen LogP contribution in [-0.2, 0) is 4.74 Å². The Balaban J connectivity index is 2.09. The molecule has 1 aromatic rings. The Hall–Kier alpha value is -0.770. The second-order valence-corrected chi connectivity index (χ2v) is 5.21. The lowest BCUT2D eigenvalue weighted by Gasteiger charge is -2.10. The monoisotopic (exact) mass is 286 g/mol. The minimum Gasteiger partial charge on any atom is -0.490 e. The summed E-state index contributed by atoms with van der Waals surface area (Å²) in [5, 5.41) is 2.95. The van der Waals surface area contributed by atoms with E-state index in [0.29, 0.717) is 24.3 Å². The Morgan fingerprint density at radius 2 is 2.05 bits per heavy atom. The van der Waals surface area contributed by atoms with Crippen molar-refractivity contribution >= 4 is 11.6 Å². The van der Waals surface area contributed by atoms with Gasteiger partial charge in [0, 0.05) is 0 Å². The topological polar surface area (TPSA) is 35.1 Å². The summed E-state index contributed by atoms with van der Waals surface area (Å²) in [6.45, 7) is 9.33. The Labute approximate surface area is 121 Å². The Morgan fingerprint density at radius 1 is 1.26 bits per heavy atom. The number of aryl methyl sites for hydroxylation is 1. The minimum atomic E-state index is 0.534. The summed E-state index contributed by atoms with van der Waals surface area (Å²) in [6, 6.07) is 6.44. The first kappa shape index (κ1) is 16.3. The van der Waals surface area contributed by atoms with Crippen molar-refractivity contribution in [3.63, 3.8) is 0 Å². The van der Waals surface area contributed by atoms with Gasteiger partial charge in [-0.25, -0.2) is 0 Å². The average Bonchev–Trinajstić information content (AvgIpc) is 2.41.